The van der Waals surface area contributed by atoms with Crippen molar-refractivity contribution in [2.45, 2.75) is 50.6 Å². The van der Waals surface area contributed by atoms with Crippen LogP contribution >= 0.6 is 22.6 Å². The van der Waals surface area contributed by atoms with Gasteiger partial charge in [0, 0.05) is 9.61 Å². The average molecular weight is 463 g/mol. The molecular formula is C18H26INO5. The van der Waals surface area contributed by atoms with Gasteiger partial charge in [-0.2, -0.15) is 0 Å². The second-order valence-corrected chi connectivity index (χ2v) is 8.67. The van der Waals surface area contributed by atoms with Gasteiger partial charge >= 0.3 is 12.1 Å². The van der Waals surface area contributed by atoms with E-state index in [0.29, 0.717) is 28.4 Å². The zero-order valence-corrected chi connectivity index (χ0v) is 17.7. The number of ether oxygens (including phenoxy) is 3. The highest BCUT2D eigenvalue weighted by Crippen LogP contribution is 2.31. The minimum absolute atomic E-state index is 0.282. The number of amides is 1. The van der Waals surface area contributed by atoms with E-state index in [0.717, 1.165) is 5.56 Å². The van der Waals surface area contributed by atoms with Crippen LogP contribution in [0.4, 0.5) is 10.5 Å². The lowest BCUT2D eigenvalue weighted by Gasteiger charge is -2.21. The molecular weight excluding hydrogens is 437 g/mol. The van der Waals surface area contributed by atoms with Gasteiger partial charge in [0.1, 0.15) is 16.9 Å². The van der Waals surface area contributed by atoms with Crippen molar-refractivity contribution in [1.29, 1.82) is 0 Å². The fraction of sp³-hybridized carbons (Fsp3) is 0.556. The summed E-state index contributed by atoms with van der Waals surface area (Å²) in [5.74, 6) is -0.0220. The van der Waals surface area contributed by atoms with Crippen molar-refractivity contribution < 1.29 is 23.8 Å². The Morgan fingerprint density at radius 3 is 2.40 bits per heavy atom. The number of esters is 1. The lowest BCUT2D eigenvalue weighted by Crippen LogP contribution is -2.27. The molecule has 1 amide bonds. The summed E-state index contributed by atoms with van der Waals surface area (Å²) in [6.45, 7) is 9.69. The first-order valence-electron chi connectivity index (χ1n) is 8.09. The number of rotatable bonds is 6. The summed E-state index contributed by atoms with van der Waals surface area (Å²) < 4.78 is 16.1. The Balaban J connectivity index is 3.29. The summed E-state index contributed by atoms with van der Waals surface area (Å²) in [7, 11) is 1.31. The van der Waals surface area contributed by atoms with Gasteiger partial charge in [-0.05, 0) is 51.8 Å². The lowest BCUT2D eigenvalue weighted by molar-refractivity contribution is 0.0591. The highest BCUT2D eigenvalue weighted by Gasteiger charge is 2.22. The molecule has 0 fully saturated rings. The third-order valence-corrected chi connectivity index (χ3v) is 3.45. The normalized spacial score (nSPS) is 12.3. The number of hydrogen-bond donors (Lipinski definition) is 1. The predicted molar refractivity (Wildman–Crippen MR) is 106 cm³/mol. The number of methoxy groups -OCH3 is 1. The number of hydrogen-bond acceptors (Lipinski definition) is 5. The van der Waals surface area contributed by atoms with Crippen LogP contribution in [0.3, 0.4) is 0 Å². The number of anilines is 1. The van der Waals surface area contributed by atoms with E-state index in [2.05, 4.69) is 34.8 Å². The third kappa shape index (κ3) is 7.09. The van der Waals surface area contributed by atoms with Crippen molar-refractivity contribution in [3.8, 4) is 5.75 Å². The molecule has 1 unspecified atom stereocenters. The van der Waals surface area contributed by atoms with E-state index in [1.165, 1.54) is 7.11 Å². The Morgan fingerprint density at radius 2 is 1.92 bits per heavy atom. The van der Waals surface area contributed by atoms with E-state index >= 15 is 0 Å². The summed E-state index contributed by atoms with van der Waals surface area (Å²) >= 11 is 2.30. The Morgan fingerprint density at radius 1 is 1.28 bits per heavy atom. The molecule has 0 bridgehead atoms. The van der Waals surface area contributed by atoms with E-state index in [4.69, 9.17) is 14.2 Å². The first kappa shape index (κ1) is 21.5. The lowest BCUT2D eigenvalue weighted by atomic mass is 10.0. The molecule has 1 N–H and O–H groups in total. The molecule has 25 heavy (non-hydrogen) atoms. The minimum atomic E-state index is -0.611. The molecule has 6 nitrogen and oxygen atoms in total. The van der Waals surface area contributed by atoms with Gasteiger partial charge in [-0.25, -0.2) is 9.59 Å². The molecule has 7 heteroatoms. The number of carbonyl (C=O) groups is 2. The molecule has 0 radical (unpaired) electrons. The first-order chi connectivity index (χ1) is 11.6. The Bertz CT molecular complexity index is 623. The van der Waals surface area contributed by atoms with Crippen molar-refractivity contribution in [2.24, 2.45) is 0 Å². The van der Waals surface area contributed by atoms with Crippen LogP contribution in [0.25, 0.3) is 0 Å². The Kier molecular flexibility index (Phi) is 7.98. The summed E-state index contributed by atoms with van der Waals surface area (Å²) in [6, 6.07) is 3.35. The molecule has 1 aromatic carbocycles. The third-order valence-electron chi connectivity index (χ3n) is 3.01. The molecule has 0 aromatic heterocycles. The van der Waals surface area contributed by atoms with E-state index in [-0.39, 0.29) is 5.56 Å². The van der Waals surface area contributed by atoms with Crippen molar-refractivity contribution in [1.82, 2.24) is 0 Å². The molecule has 1 rings (SSSR count). The fourth-order valence-electron chi connectivity index (χ4n) is 2.21. The number of nitrogens with one attached hydrogen (secondary N) is 1. The van der Waals surface area contributed by atoms with Gasteiger partial charge in [0.15, 0.2) is 0 Å². The summed E-state index contributed by atoms with van der Waals surface area (Å²) in [5, 5.41) is 2.67. The van der Waals surface area contributed by atoms with Crippen LogP contribution in [-0.2, 0) is 15.9 Å². The van der Waals surface area contributed by atoms with Gasteiger partial charge in [-0.3, -0.25) is 5.32 Å². The van der Waals surface area contributed by atoms with E-state index in [1.54, 1.807) is 32.9 Å². The highest BCUT2D eigenvalue weighted by molar-refractivity contribution is 14.1. The van der Waals surface area contributed by atoms with Crippen molar-refractivity contribution in [3.63, 3.8) is 0 Å². The Labute approximate surface area is 162 Å². The van der Waals surface area contributed by atoms with Gasteiger partial charge in [-0.1, -0.05) is 29.5 Å². The molecule has 0 spiro atoms. The maximum atomic E-state index is 12.2. The van der Waals surface area contributed by atoms with Gasteiger partial charge in [0.2, 0.25) is 0 Å². The first-order valence-corrected chi connectivity index (χ1v) is 9.34. The van der Waals surface area contributed by atoms with E-state index < -0.39 is 17.7 Å². The molecule has 0 aliphatic heterocycles. The fourth-order valence-corrected chi connectivity index (χ4v) is 2.69. The molecule has 1 atom stereocenters. The topological polar surface area (TPSA) is 73.9 Å². The van der Waals surface area contributed by atoms with Gasteiger partial charge in [0.05, 0.1) is 13.7 Å². The average Bonchev–Trinajstić information content (AvgIpc) is 2.46. The molecule has 1 aromatic rings. The highest BCUT2D eigenvalue weighted by atomic mass is 127. The summed E-state index contributed by atoms with van der Waals surface area (Å²) in [6.07, 6.45) is 0.102. The predicted octanol–water partition coefficient (Wildman–Crippen LogP) is 4.58. The van der Waals surface area contributed by atoms with E-state index in [1.807, 2.05) is 6.92 Å². The van der Waals surface area contributed by atoms with Crippen LogP contribution in [0.1, 0.15) is 50.5 Å². The summed E-state index contributed by atoms with van der Waals surface area (Å²) in [4.78, 5) is 24.2. The van der Waals surface area contributed by atoms with Gasteiger partial charge in [0.25, 0.3) is 0 Å². The van der Waals surface area contributed by atoms with Crippen LogP contribution in [-0.4, -0.2) is 35.3 Å². The van der Waals surface area contributed by atoms with Crippen LogP contribution in [0.15, 0.2) is 12.1 Å². The number of carbonyl (C=O) groups excluding carboxylic acids is 2. The van der Waals surface area contributed by atoms with Crippen LogP contribution < -0.4 is 10.1 Å². The SMILES string of the molecule is CCOc1c(CC(C)I)cc(NC(=O)OC(C)(C)C)cc1C(=O)OC. The second-order valence-electron chi connectivity index (χ2n) is 6.55. The minimum Gasteiger partial charge on any atom is -0.493 e. The van der Waals surface area contributed by atoms with Crippen LogP contribution in [0, 0.1) is 0 Å². The zero-order chi connectivity index (χ0) is 19.2. The molecule has 0 saturated heterocycles. The molecule has 0 heterocycles. The maximum absolute atomic E-state index is 12.2. The largest absolute Gasteiger partial charge is 0.493 e. The van der Waals surface area contributed by atoms with Gasteiger partial charge in [-0.15, -0.1) is 0 Å². The van der Waals surface area contributed by atoms with Crippen molar-refractivity contribution in [3.05, 3.63) is 23.3 Å². The number of alkyl halides is 1. The second kappa shape index (κ2) is 9.26. The zero-order valence-electron chi connectivity index (χ0n) is 15.6. The molecule has 0 aliphatic carbocycles. The number of halogens is 1. The van der Waals surface area contributed by atoms with Gasteiger partial charge < -0.3 is 14.2 Å². The molecule has 0 saturated carbocycles. The molecule has 140 valence electrons. The quantitative estimate of drug-likeness (QED) is 0.380. The maximum Gasteiger partial charge on any atom is 0.412 e. The number of benzene rings is 1. The van der Waals surface area contributed by atoms with Crippen LogP contribution in [0.5, 0.6) is 5.75 Å². The summed E-state index contributed by atoms with van der Waals surface area (Å²) in [5.41, 5.74) is 0.966. The molecule has 0 aliphatic rings. The Hall–Kier alpha value is -1.51. The van der Waals surface area contributed by atoms with Crippen LogP contribution in [0.2, 0.25) is 0 Å². The monoisotopic (exact) mass is 463 g/mol. The van der Waals surface area contributed by atoms with E-state index in [9.17, 15) is 9.59 Å². The standard InChI is InChI=1S/C18H26INO5/c1-7-24-15-12(8-11(2)19)9-13(10-14(15)16(21)23-6)20-17(22)25-18(3,4)5/h9-11H,7-8H2,1-6H3,(H,20,22). The van der Waals surface area contributed by atoms with Crippen molar-refractivity contribution in [2.75, 3.05) is 19.0 Å². The smallest absolute Gasteiger partial charge is 0.412 e. The van der Waals surface area contributed by atoms with Crippen molar-refractivity contribution >= 4 is 40.3 Å².